The van der Waals surface area contributed by atoms with Crippen LogP contribution in [0.2, 0.25) is 0 Å². The van der Waals surface area contributed by atoms with Crippen LogP contribution >= 0.6 is 11.8 Å². The minimum atomic E-state index is -0.167. The largest absolute Gasteiger partial charge is 0.493 e. The van der Waals surface area contributed by atoms with E-state index >= 15 is 0 Å². The molecule has 0 saturated carbocycles. The van der Waals surface area contributed by atoms with Gasteiger partial charge in [0, 0.05) is 13.0 Å². The summed E-state index contributed by atoms with van der Waals surface area (Å²) >= 11 is 1.56. The number of amides is 2. The van der Waals surface area contributed by atoms with E-state index in [1.165, 1.54) is 0 Å². The summed E-state index contributed by atoms with van der Waals surface area (Å²) in [4.78, 5) is 26.6. The van der Waals surface area contributed by atoms with Crippen molar-refractivity contribution in [2.24, 2.45) is 0 Å². The third kappa shape index (κ3) is 4.44. The highest BCUT2D eigenvalue weighted by Gasteiger charge is 2.38. The van der Waals surface area contributed by atoms with E-state index in [1.807, 2.05) is 25.1 Å². The normalized spacial score (nSPS) is 19.0. The van der Waals surface area contributed by atoms with Crippen LogP contribution in [0.3, 0.4) is 0 Å². The quantitative estimate of drug-likeness (QED) is 0.729. The maximum atomic E-state index is 12.6. The molecule has 0 aliphatic carbocycles. The summed E-state index contributed by atoms with van der Waals surface area (Å²) in [6.07, 6.45) is 1.79. The molecule has 3 rings (SSSR count). The fourth-order valence-electron chi connectivity index (χ4n) is 3.08. The van der Waals surface area contributed by atoms with Crippen LogP contribution in [0.4, 0.5) is 0 Å². The standard InChI is InChI=1S/C20H24N2O5S/c1-13-19(24)22(9-8-18(23)21-12-15-5-4-10-27-15)20(28-13)14-6-7-16(25-2)17(11-14)26-3/h4-7,10-11,13,20H,8-9,12H2,1-3H3,(H,21,23). The van der Waals surface area contributed by atoms with Crippen molar-refractivity contribution in [2.75, 3.05) is 20.8 Å². The highest BCUT2D eigenvalue weighted by Crippen LogP contribution is 2.44. The predicted molar refractivity (Wildman–Crippen MR) is 106 cm³/mol. The molecule has 8 heteroatoms. The van der Waals surface area contributed by atoms with Gasteiger partial charge in [0.1, 0.15) is 11.1 Å². The number of hydrogen-bond donors (Lipinski definition) is 1. The Morgan fingerprint density at radius 3 is 2.71 bits per heavy atom. The molecule has 0 spiro atoms. The number of methoxy groups -OCH3 is 2. The topological polar surface area (TPSA) is 81.0 Å². The van der Waals surface area contributed by atoms with Crippen molar-refractivity contribution in [3.8, 4) is 11.5 Å². The second kappa shape index (κ2) is 9.05. The molecule has 2 heterocycles. The molecule has 2 unspecified atom stereocenters. The molecule has 0 radical (unpaired) electrons. The molecule has 1 aromatic carbocycles. The molecular formula is C20H24N2O5S. The highest BCUT2D eigenvalue weighted by molar-refractivity contribution is 8.01. The summed E-state index contributed by atoms with van der Waals surface area (Å²) < 4.78 is 15.9. The molecule has 150 valence electrons. The van der Waals surface area contributed by atoms with Crippen LogP contribution in [0, 0.1) is 0 Å². The van der Waals surface area contributed by atoms with Gasteiger partial charge in [0.2, 0.25) is 11.8 Å². The van der Waals surface area contributed by atoms with Crippen molar-refractivity contribution >= 4 is 23.6 Å². The zero-order chi connectivity index (χ0) is 20.1. The fraction of sp³-hybridized carbons (Fsp3) is 0.400. The molecule has 7 nitrogen and oxygen atoms in total. The van der Waals surface area contributed by atoms with Crippen molar-refractivity contribution in [1.82, 2.24) is 10.2 Å². The van der Waals surface area contributed by atoms with E-state index in [0.717, 1.165) is 5.56 Å². The summed E-state index contributed by atoms with van der Waals surface area (Å²) in [5.74, 6) is 1.85. The van der Waals surface area contributed by atoms with Crippen molar-refractivity contribution in [1.29, 1.82) is 0 Å². The Bertz CT molecular complexity index is 824. The Kier molecular flexibility index (Phi) is 6.51. The predicted octanol–water partition coefficient (Wildman–Crippen LogP) is 2.97. The van der Waals surface area contributed by atoms with E-state index in [-0.39, 0.29) is 28.9 Å². The van der Waals surface area contributed by atoms with E-state index in [0.29, 0.717) is 30.3 Å². The van der Waals surface area contributed by atoms with Gasteiger partial charge in [-0.3, -0.25) is 9.59 Å². The molecule has 1 saturated heterocycles. The van der Waals surface area contributed by atoms with Crippen LogP contribution < -0.4 is 14.8 Å². The molecule has 2 amide bonds. The van der Waals surface area contributed by atoms with Crippen LogP contribution in [0.1, 0.15) is 30.0 Å². The molecule has 0 bridgehead atoms. The average Bonchev–Trinajstić information content (AvgIpc) is 3.33. The van der Waals surface area contributed by atoms with E-state index in [9.17, 15) is 9.59 Å². The van der Waals surface area contributed by atoms with Gasteiger partial charge in [-0.1, -0.05) is 6.07 Å². The molecule has 2 aromatic rings. The summed E-state index contributed by atoms with van der Waals surface area (Å²) in [6.45, 7) is 2.57. The molecular weight excluding hydrogens is 380 g/mol. The average molecular weight is 404 g/mol. The maximum Gasteiger partial charge on any atom is 0.236 e. The molecule has 1 aliphatic heterocycles. The van der Waals surface area contributed by atoms with Gasteiger partial charge < -0.3 is 24.1 Å². The lowest BCUT2D eigenvalue weighted by molar-refractivity contribution is -0.130. The Labute approximate surface area is 168 Å². The molecule has 1 aliphatic rings. The first-order chi connectivity index (χ1) is 13.5. The van der Waals surface area contributed by atoms with Gasteiger partial charge in [-0.2, -0.15) is 0 Å². The number of thioether (sulfide) groups is 1. The van der Waals surface area contributed by atoms with Crippen molar-refractivity contribution in [2.45, 2.75) is 30.5 Å². The maximum absolute atomic E-state index is 12.6. The van der Waals surface area contributed by atoms with Crippen LogP contribution in [-0.2, 0) is 16.1 Å². The number of rotatable bonds is 8. The lowest BCUT2D eigenvalue weighted by Gasteiger charge is -2.24. The summed E-state index contributed by atoms with van der Waals surface area (Å²) in [6, 6.07) is 9.21. The van der Waals surface area contributed by atoms with E-state index < -0.39 is 0 Å². The fourth-order valence-corrected chi connectivity index (χ4v) is 4.37. The van der Waals surface area contributed by atoms with Crippen molar-refractivity contribution in [3.05, 3.63) is 47.9 Å². The first kappa shape index (κ1) is 20.1. The number of nitrogens with one attached hydrogen (secondary N) is 1. The number of carbonyl (C=O) groups excluding carboxylic acids is 2. The Balaban J connectivity index is 1.66. The van der Waals surface area contributed by atoms with Gasteiger partial charge in [0.25, 0.3) is 0 Å². The Hall–Kier alpha value is -2.61. The summed E-state index contributed by atoms with van der Waals surface area (Å²) in [5.41, 5.74) is 0.941. The lowest BCUT2D eigenvalue weighted by Crippen LogP contribution is -2.34. The summed E-state index contributed by atoms with van der Waals surface area (Å²) in [5, 5.41) is 2.48. The molecule has 1 N–H and O–H groups in total. The minimum Gasteiger partial charge on any atom is -0.493 e. The number of nitrogens with zero attached hydrogens (tertiary/aromatic N) is 1. The van der Waals surface area contributed by atoms with Gasteiger partial charge >= 0.3 is 0 Å². The van der Waals surface area contributed by atoms with Crippen LogP contribution in [-0.4, -0.2) is 42.7 Å². The lowest BCUT2D eigenvalue weighted by atomic mass is 10.1. The van der Waals surface area contributed by atoms with Crippen LogP contribution in [0.5, 0.6) is 11.5 Å². The molecule has 2 atom stereocenters. The van der Waals surface area contributed by atoms with Crippen LogP contribution in [0.15, 0.2) is 41.0 Å². The first-order valence-electron chi connectivity index (χ1n) is 9.00. The zero-order valence-electron chi connectivity index (χ0n) is 16.1. The van der Waals surface area contributed by atoms with Gasteiger partial charge in [0.05, 0.1) is 32.3 Å². The second-order valence-corrected chi connectivity index (χ2v) is 7.81. The number of hydrogen-bond acceptors (Lipinski definition) is 6. The van der Waals surface area contributed by atoms with Crippen molar-refractivity contribution in [3.63, 3.8) is 0 Å². The monoisotopic (exact) mass is 404 g/mol. The second-order valence-electron chi connectivity index (χ2n) is 6.38. The summed E-state index contributed by atoms with van der Waals surface area (Å²) in [7, 11) is 3.17. The minimum absolute atomic E-state index is 0.0311. The zero-order valence-corrected chi connectivity index (χ0v) is 17.0. The van der Waals surface area contributed by atoms with Crippen LogP contribution in [0.25, 0.3) is 0 Å². The van der Waals surface area contributed by atoms with E-state index in [1.54, 1.807) is 49.3 Å². The SMILES string of the molecule is COc1ccc(C2SC(C)C(=O)N2CCC(=O)NCc2ccco2)cc1OC. The first-order valence-corrected chi connectivity index (χ1v) is 9.94. The Morgan fingerprint density at radius 1 is 1.25 bits per heavy atom. The number of benzene rings is 1. The van der Waals surface area contributed by atoms with Crippen molar-refractivity contribution < 1.29 is 23.5 Å². The smallest absolute Gasteiger partial charge is 0.236 e. The van der Waals surface area contributed by atoms with Gasteiger partial charge in [0.15, 0.2) is 11.5 Å². The third-order valence-corrected chi connectivity index (χ3v) is 5.95. The third-order valence-electron chi connectivity index (χ3n) is 4.56. The highest BCUT2D eigenvalue weighted by atomic mass is 32.2. The molecule has 1 fully saturated rings. The van der Waals surface area contributed by atoms with E-state index in [4.69, 9.17) is 13.9 Å². The molecule has 28 heavy (non-hydrogen) atoms. The number of carbonyl (C=O) groups is 2. The van der Waals surface area contributed by atoms with Gasteiger partial charge in [-0.25, -0.2) is 0 Å². The van der Waals surface area contributed by atoms with Gasteiger partial charge in [-0.15, -0.1) is 11.8 Å². The van der Waals surface area contributed by atoms with Gasteiger partial charge in [-0.05, 0) is 36.8 Å². The number of ether oxygens (including phenoxy) is 2. The molecule has 1 aromatic heterocycles. The van der Waals surface area contributed by atoms with E-state index in [2.05, 4.69) is 5.32 Å². The Morgan fingerprint density at radius 2 is 2.04 bits per heavy atom. The number of furan rings is 1.